The van der Waals surface area contributed by atoms with Gasteiger partial charge in [-0.05, 0) is 32.1 Å². The minimum absolute atomic E-state index is 0.312. The fourth-order valence-electron chi connectivity index (χ4n) is 2.15. The van der Waals surface area contributed by atoms with Crippen molar-refractivity contribution in [1.82, 2.24) is 0 Å². The normalized spacial score (nSPS) is 12.5. The predicted octanol–water partition coefficient (Wildman–Crippen LogP) is 4.87. The van der Waals surface area contributed by atoms with Crippen LogP contribution in [0.3, 0.4) is 0 Å². The van der Waals surface area contributed by atoms with E-state index in [0.717, 1.165) is 25.7 Å². The zero-order valence-corrected chi connectivity index (χ0v) is 14.2. The maximum atomic E-state index is 11.5. The summed E-state index contributed by atoms with van der Waals surface area (Å²) >= 11 is 0. The Morgan fingerprint density at radius 3 is 2.14 bits per heavy atom. The van der Waals surface area contributed by atoms with Crippen molar-refractivity contribution < 1.29 is 19.4 Å². The van der Waals surface area contributed by atoms with Gasteiger partial charge in [-0.15, -0.1) is 0 Å². The van der Waals surface area contributed by atoms with Crippen molar-refractivity contribution in [1.29, 1.82) is 0 Å². The maximum Gasteiger partial charge on any atom is 0.345 e. The van der Waals surface area contributed by atoms with Crippen LogP contribution in [0.5, 0.6) is 0 Å². The van der Waals surface area contributed by atoms with Gasteiger partial charge in [0, 0.05) is 6.42 Å². The van der Waals surface area contributed by atoms with Crippen LogP contribution in [0.2, 0.25) is 0 Å². The zero-order chi connectivity index (χ0) is 16.6. The molecule has 0 heterocycles. The smallest absolute Gasteiger partial charge is 0.345 e. The molecule has 1 unspecified atom stereocenters. The van der Waals surface area contributed by atoms with Crippen LogP contribution >= 0.6 is 0 Å². The Morgan fingerprint density at radius 1 is 0.955 bits per heavy atom. The minimum atomic E-state index is -1.07. The molecule has 0 fully saturated rings. The van der Waals surface area contributed by atoms with Crippen molar-refractivity contribution in [3.63, 3.8) is 0 Å². The molecule has 4 heteroatoms. The number of ether oxygens (including phenoxy) is 1. The largest absolute Gasteiger partial charge is 0.479 e. The lowest BCUT2D eigenvalue weighted by Crippen LogP contribution is -2.26. The summed E-state index contributed by atoms with van der Waals surface area (Å²) in [5.41, 5.74) is 0. The number of hydrogen-bond acceptors (Lipinski definition) is 3. The number of carbonyl (C=O) groups is 2. The van der Waals surface area contributed by atoms with E-state index in [1.165, 1.54) is 32.1 Å². The number of carboxylic acid groups (broad SMARTS) is 1. The van der Waals surface area contributed by atoms with Crippen LogP contribution in [0.25, 0.3) is 0 Å². The van der Waals surface area contributed by atoms with E-state index in [2.05, 4.69) is 19.1 Å². The zero-order valence-electron chi connectivity index (χ0n) is 14.2. The highest BCUT2D eigenvalue weighted by atomic mass is 16.6. The first-order valence-electron chi connectivity index (χ1n) is 8.69. The predicted molar refractivity (Wildman–Crippen MR) is 88.8 cm³/mol. The Balaban J connectivity index is 3.44. The van der Waals surface area contributed by atoms with Gasteiger partial charge in [0.1, 0.15) is 0 Å². The third-order valence-electron chi connectivity index (χ3n) is 3.56. The van der Waals surface area contributed by atoms with Crippen molar-refractivity contribution >= 4 is 11.9 Å². The summed E-state index contributed by atoms with van der Waals surface area (Å²) < 4.78 is 4.91. The van der Waals surface area contributed by atoms with Crippen molar-refractivity contribution in [3.8, 4) is 0 Å². The standard InChI is InChI=1S/C18H32O4/c1-3-5-6-7-8-9-10-11-12-13-14-15-17(19)22-16(4-2)18(20)21/h7-8,16H,3-6,9-15H2,1-2H3,(H,20,21)/b8-7-. The van der Waals surface area contributed by atoms with Crippen LogP contribution in [-0.2, 0) is 14.3 Å². The molecule has 0 aromatic rings. The maximum absolute atomic E-state index is 11.5. The lowest BCUT2D eigenvalue weighted by Gasteiger charge is -2.11. The minimum Gasteiger partial charge on any atom is -0.479 e. The summed E-state index contributed by atoms with van der Waals surface area (Å²) in [6.07, 6.45) is 14.3. The second-order valence-electron chi connectivity index (χ2n) is 5.65. The molecule has 0 aliphatic carbocycles. The molecule has 128 valence electrons. The summed E-state index contributed by atoms with van der Waals surface area (Å²) in [6.45, 7) is 3.90. The molecule has 0 aliphatic heterocycles. The first-order valence-corrected chi connectivity index (χ1v) is 8.69. The van der Waals surface area contributed by atoms with Gasteiger partial charge in [0.05, 0.1) is 0 Å². The van der Waals surface area contributed by atoms with Crippen LogP contribution in [0.4, 0.5) is 0 Å². The number of carboxylic acids is 1. The second-order valence-corrected chi connectivity index (χ2v) is 5.65. The molecule has 1 atom stereocenters. The summed E-state index contributed by atoms with van der Waals surface area (Å²) in [5, 5.41) is 8.80. The SMILES string of the molecule is CCCC/C=C\CCCCCCCC(=O)OC(CC)C(=O)O. The summed E-state index contributed by atoms with van der Waals surface area (Å²) in [7, 11) is 0. The molecule has 0 spiro atoms. The van der Waals surface area contributed by atoms with Crippen LogP contribution in [0, 0.1) is 0 Å². The number of esters is 1. The third kappa shape index (κ3) is 12.4. The summed E-state index contributed by atoms with van der Waals surface area (Å²) in [6, 6.07) is 0. The van der Waals surface area contributed by atoms with Gasteiger partial charge in [0.15, 0.2) is 6.10 Å². The van der Waals surface area contributed by atoms with Gasteiger partial charge in [-0.2, -0.15) is 0 Å². The molecule has 0 aromatic heterocycles. The lowest BCUT2D eigenvalue weighted by molar-refractivity contribution is -0.164. The molecule has 0 saturated heterocycles. The van der Waals surface area contributed by atoms with E-state index in [1.807, 2.05) is 0 Å². The summed E-state index contributed by atoms with van der Waals surface area (Å²) in [4.78, 5) is 22.2. The highest BCUT2D eigenvalue weighted by molar-refractivity contribution is 5.77. The fourth-order valence-corrected chi connectivity index (χ4v) is 2.15. The molecule has 0 bridgehead atoms. The van der Waals surface area contributed by atoms with Crippen molar-refractivity contribution in [2.75, 3.05) is 0 Å². The molecule has 0 saturated carbocycles. The van der Waals surface area contributed by atoms with Gasteiger partial charge >= 0.3 is 11.9 Å². The molecule has 0 amide bonds. The highest BCUT2D eigenvalue weighted by Gasteiger charge is 2.19. The Hall–Kier alpha value is -1.32. The van der Waals surface area contributed by atoms with E-state index in [1.54, 1.807) is 6.92 Å². The number of unbranched alkanes of at least 4 members (excludes halogenated alkanes) is 7. The topological polar surface area (TPSA) is 63.6 Å². The van der Waals surface area contributed by atoms with Crippen LogP contribution in [-0.4, -0.2) is 23.1 Å². The average Bonchev–Trinajstić information content (AvgIpc) is 2.50. The lowest BCUT2D eigenvalue weighted by atomic mass is 10.1. The highest BCUT2D eigenvalue weighted by Crippen LogP contribution is 2.10. The molecule has 0 rings (SSSR count). The molecule has 22 heavy (non-hydrogen) atoms. The molecule has 0 radical (unpaired) electrons. The van der Waals surface area contributed by atoms with Crippen LogP contribution in [0.1, 0.15) is 84.5 Å². The van der Waals surface area contributed by atoms with Crippen LogP contribution in [0.15, 0.2) is 12.2 Å². The van der Waals surface area contributed by atoms with Crippen LogP contribution < -0.4 is 0 Å². The van der Waals surface area contributed by atoms with Gasteiger partial charge in [0.25, 0.3) is 0 Å². The van der Waals surface area contributed by atoms with Gasteiger partial charge < -0.3 is 9.84 Å². The van der Waals surface area contributed by atoms with Crippen molar-refractivity contribution in [2.24, 2.45) is 0 Å². The average molecular weight is 312 g/mol. The summed E-state index contributed by atoms with van der Waals surface area (Å²) in [5.74, 6) is -1.46. The molecule has 4 nitrogen and oxygen atoms in total. The molecular weight excluding hydrogens is 280 g/mol. The molecule has 0 aromatic carbocycles. The monoisotopic (exact) mass is 312 g/mol. The quantitative estimate of drug-likeness (QED) is 0.282. The van der Waals surface area contributed by atoms with Crippen molar-refractivity contribution in [3.05, 3.63) is 12.2 Å². The van der Waals surface area contributed by atoms with Gasteiger partial charge in [-0.1, -0.05) is 58.1 Å². The second kappa shape index (κ2) is 14.6. The van der Waals surface area contributed by atoms with E-state index in [9.17, 15) is 9.59 Å². The molecular formula is C18H32O4. The third-order valence-corrected chi connectivity index (χ3v) is 3.56. The fraction of sp³-hybridized carbons (Fsp3) is 0.778. The first kappa shape index (κ1) is 20.7. The molecule has 1 N–H and O–H groups in total. The Bertz CT molecular complexity index is 323. The van der Waals surface area contributed by atoms with Crippen molar-refractivity contribution in [2.45, 2.75) is 90.6 Å². The Labute approximate surface area is 134 Å². The molecule has 0 aliphatic rings. The number of allylic oxidation sites excluding steroid dienone is 2. The number of aliphatic carboxylic acids is 1. The van der Waals surface area contributed by atoms with E-state index >= 15 is 0 Å². The Morgan fingerprint density at radius 2 is 1.55 bits per heavy atom. The Kier molecular flexibility index (Phi) is 13.7. The first-order chi connectivity index (χ1) is 10.6. The number of rotatable bonds is 14. The van der Waals surface area contributed by atoms with E-state index in [0.29, 0.717) is 12.8 Å². The number of carbonyl (C=O) groups excluding carboxylic acids is 1. The van der Waals surface area contributed by atoms with E-state index in [4.69, 9.17) is 9.84 Å². The van der Waals surface area contributed by atoms with Gasteiger partial charge in [0.2, 0.25) is 0 Å². The van der Waals surface area contributed by atoms with E-state index in [-0.39, 0.29) is 0 Å². The van der Waals surface area contributed by atoms with Gasteiger partial charge in [-0.3, -0.25) is 4.79 Å². The number of hydrogen-bond donors (Lipinski definition) is 1. The van der Waals surface area contributed by atoms with Gasteiger partial charge in [-0.25, -0.2) is 4.79 Å². The van der Waals surface area contributed by atoms with E-state index < -0.39 is 18.0 Å².